The smallest absolute Gasteiger partial charge is 0.337 e. The highest BCUT2D eigenvalue weighted by molar-refractivity contribution is 5.87. The van der Waals surface area contributed by atoms with Gasteiger partial charge in [-0.15, -0.1) is 0 Å². The van der Waals surface area contributed by atoms with Crippen LogP contribution in [-0.4, -0.2) is 42.4 Å². The third kappa shape index (κ3) is 1.86. The predicted molar refractivity (Wildman–Crippen MR) is 61.2 cm³/mol. The molecule has 1 aromatic rings. The van der Waals surface area contributed by atoms with E-state index in [4.69, 9.17) is 9.84 Å². The van der Waals surface area contributed by atoms with Crippen molar-refractivity contribution < 1.29 is 14.6 Å². The van der Waals surface area contributed by atoms with E-state index in [2.05, 4.69) is 9.88 Å². The molecule has 0 aliphatic carbocycles. The van der Waals surface area contributed by atoms with Gasteiger partial charge in [0.15, 0.2) is 0 Å². The Morgan fingerprint density at radius 3 is 2.59 bits per heavy atom. The standard InChI is InChI=1S/C12H14N2O3/c15-12(16)8-1-2-11(13-3-8)14-4-9-6-17-7-10(9)5-14/h1-3,9-10H,4-7H2,(H,15,16)/t9-,10-/m1/s1. The van der Waals surface area contributed by atoms with Crippen molar-refractivity contribution in [1.82, 2.24) is 4.98 Å². The Kier molecular flexibility index (Phi) is 2.48. The predicted octanol–water partition coefficient (Wildman–Crippen LogP) is 0.862. The van der Waals surface area contributed by atoms with Gasteiger partial charge in [-0.3, -0.25) is 0 Å². The summed E-state index contributed by atoms with van der Waals surface area (Å²) in [7, 11) is 0. The lowest BCUT2D eigenvalue weighted by Gasteiger charge is -2.18. The summed E-state index contributed by atoms with van der Waals surface area (Å²) in [5.41, 5.74) is 0.233. The minimum absolute atomic E-state index is 0.233. The molecule has 90 valence electrons. The van der Waals surface area contributed by atoms with Crippen molar-refractivity contribution in [2.24, 2.45) is 11.8 Å². The Bertz CT molecular complexity index is 420. The summed E-state index contributed by atoms with van der Waals surface area (Å²) in [6.45, 7) is 3.61. The zero-order chi connectivity index (χ0) is 11.8. The second-order valence-electron chi connectivity index (χ2n) is 4.67. The maximum Gasteiger partial charge on any atom is 0.337 e. The van der Waals surface area contributed by atoms with Crippen LogP contribution in [0.4, 0.5) is 5.82 Å². The first kappa shape index (κ1) is 10.5. The van der Waals surface area contributed by atoms with Gasteiger partial charge in [0.25, 0.3) is 0 Å². The molecular formula is C12H14N2O3. The van der Waals surface area contributed by atoms with E-state index in [-0.39, 0.29) is 5.56 Å². The van der Waals surface area contributed by atoms with Crippen LogP contribution in [0.3, 0.4) is 0 Å². The van der Waals surface area contributed by atoms with E-state index >= 15 is 0 Å². The molecule has 0 saturated carbocycles. The second kappa shape index (κ2) is 4.00. The van der Waals surface area contributed by atoms with Crippen LogP contribution in [0.25, 0.3) is 0 Å². The normalized spacial score (nSPS) is 27.2. The van der Waals surface area contributed by atoms with Gasteiger partial charge in [0.1, 0.15) is 5.82 Å². The van der Waals surface area contributed by atoms with Crippen molar-refractivity contribution in [3.8, 4) is 0 Å². The molecule has 1 aromatic heterocycles. The molecular weight excluding hydrogens is 220 g/mol. The van der Waals surface area contributed by atoms with E-state index in [0.29, 0.717) is 11.8 Å². The first-order valence-electron chi connectivity index (χ1n) is 5.76. The molecule has 0 radical (unpaired) electrons. The van der Waals surface area contributed by atoms with Crippen molar-refractivity contribution in [2.75, 3.05) is 31.2 Å². The Morgan fingerprint density at radius 1 is 1.35 bits per heavy atom. The summed E-state index contributed by atoms with van der Waals surface area (Å²) in [5, 5.41) is 8.80. The van der Waals surface area contributed by atoms with Gasteiger partial charge in [-0.25, -0.2) is 9.78 Å². The fourth-order valence-electron chi connectivity index (χ4n) is 2.57. The van der Waals surface area contributed by atoms with Crippen molar-refractivity contribution in [3.05, 3.63) is 23.9 Å². The van der Waals surface area contributed by atoms with E-state index < -0.39 is 5.97 Å². The minimum Gasteiger partial charge on any atom is -0.478 e. The Labute approximate surface area is 99.0 Å². The van der Waals surface area contributed by atoms with E-state index in [0.717, 1.165) is 32.1 Å². The third-order valence-electron chi connectivity index (χ3n) is 3.56. The Balaban J connectivity index is 1.75. The lowest BCUT2D eigenvalue weighted by molar-refractivity contribution is 0.0696. The summed E-state index contributed by atoms with van der Waals surface area (Å²) < 4.78 is 5.42. The van der Waals surface area contributed by atoms with E-state index in [1.807, 2.05) is 0 Å². The van der Waals surface area contributed by atoms with Crippen molar-refractivity contribution in [2.45, 2.75) is 0 Å². The van der Waals surface area contributed by atoms with Crippen LogP contribution < -0.4 is 4.90 Å². The van der Waals surface area contributed by atoms with Crippen LogP contribution in [0.1, 0.15) is 10.4 Å². The number of ether oxygens (including phenoxy) is 1. The van der Waals surface area contributed by atoms with Crippen molar-refractivity contribution in [3.63, 3.8) is 0 Å². The molecule has 0 amide bonds. The molecule has 2 fully saturated rings. The number of carboxylic acids is 1. The van der Waals surface area contributed by atoms with E-state index in [1.165, 1.54) is 6.20 Å². The number of anilines is 1. The Morgan fingerprint density at radius 2 is 2.06 bits per heavy atom. The number of aromatic nitrogens is 1. The molecule has 5 nitrogen and oxygen atoms in total. The van der Waals surface area contributed by atoms with E-state index in [1.54, 1.807) is 12.1 Å². The molecule has 3 heterocycles. The van der Waals surface area contributed by atoms with E-state index in [9.17, 15) is 4.79 Å². The number of fused-ring (bicyclic) bond motifs is 1. The fourth-order valence-corrected chi connectivity index (χ4v) is 2.57. The minimum atomic E-state index is -0.934. The van der Waals surface area contributed by atoms with Crippen LogP contribution in [0.15, 0.2) is 18.3 Å². The second-order valence-corrected chi connectivity index (χ2v) is 4.67. The topological polar surface area (TPSA) is 62.7 Å². The number of pyridine rings is 1. The molecule has 2 aliphatic rings. The summed E-state index contributed by atoms with van der Waals surface area (Å²) in [4.78, 5) is 17.1. The molecule has 2 aliphatic heterocycles. The summed E-state index contributed by atoms with van der Waals surface area (Å²) in [5.74, 6) is 1.15. The molecule has 0 bridgehead atoms. The molecule has 0 spiro atoms. The lowest BCUT2D eigenvalue weighted by atomic mass is 10.0. The van der Waals surface area contributed by atoms with Gasteiger partial charge >= 0.3 is 5.97 Å². The Hall–Kier alpha value is -1.62. The average molecular weight is 234 g/mol. The number of hydrogen-bond donors (Lipinski definition) is 1. The number of rotatable bonds is 2. The SMILES string of the molecule is O=C(O)c1ccc(N2C[C@@H]3COC[C@H]3C2)nc1. The highest BCUT2D eigenvalue weighted by Crippen LogP contribution is 2.31. The van der Waals surface area contributed by atoms with Crippen LogP contribution >= 0.6 is 0 Å². The lowest BCUT2D eigenvalue weighted by Crippen LogP contribution is -2.23. The summed E-state index contributed by atoms with van der Waals surface area (Å²) >= 11 is 0. The molecule has 0 unspecified atom stereocenters. The number of carbonyl (C=O) groups is 1. The van der Waals surface area contributed by atoms with Crippen LogP contribution in [0.5, 0.6) is 0 Å². The van der Waals surface area contributed by atoms with Gasteiger partial charge in [-0.2, -0.15) is 0 Å². The van der Waals surface area contributed by atoms with Crippen LogP contribution in [-0.2, 0) is 4.74 Å². The van der Waals surface area contributed by atoms with Gasteiger partial charge in [-0.1, -0.05) is 0 Å². The third-order valence-corrected chi connectivity index (χ3v) is 3.56. The summed E-state index contributed by atoms with van der Waals surface area (Å²) in [6, 6.07) is 3.39. The highest BCUT2D eigenvalue weighted by atomic mass is 16.5. The molecule has 0 aromatic carbocycles. The first-order chi connectivity index (χ1) is 8.24. The quantitative estimate of drug-likeness (QED) is 0.822. The monoisotopic (exact) mass is 234 g/mol. The van der Waals surface area contributed by atoms with Crippen LogP contribution in [0.2, 0.25) is 0 Å². The van der Waals surface area contributed by atoms with Gasteiger partial charge in [0.05, 0.1) is 18.8 Å². The zero-order valence-electron chi connectivity index (χ0n) is 9.37. The van der Waals surface area contributed by atoms with Crippen molar-refractivity contribution in [1.29, 1.82) is 0 Å². The maximum atomic E-state index is 10.7. The van der Waals surface area contributed by atoms with Gasteiger partial charge in [0, 0.05) is 31.1 Å². The van der Waals surface area contributed by atoms with Crippen LogP contribution in [0, 0.1) is 11.8 Å². The molecule has 17 heavy (non-hydrogen) atoms. The number of hydrogen-bond acceptors (Lipinski definition) is 4. The molecule has 1 N–H and O–H groups in total. The van der Waals surface area contributed by atoms with Gasteiger partial charge in [-0.05, 0) is 12.1 Å². The van der Waals surface area contributed by atoms with Crippen molar-refractivity contribution >= 4 is 11.8 Å². The number of aromatic carboxylic acids is 1. The molecule has 3 rings (SSSR count). The molecule has 2 atom stereocenters. The number of nitrogens with zero attached hydrogens (tertiary/aromatic N) is 2. The van der Waals surface area contributed by atoms with Gasteiger partial charge in [0.2, 0.25) is 0 Å². The highest BCUT2D eigenvalue weighted by Gasteiger charge is 2.37. The number of carboxylic acid groups (broad SMARTS) is 1. The molecule has 2 saturated heterocycles. The maximum absolute atomic E-state index is 10.7. The average Bonchev–Trinajstić information content (AvgIpc) is 2.89. The molecule has 5 heteroatoms. The van der Waals surface area contributed by atoms with Gasteiger partial charge < -0.3 is 14.7 Å². The fraction of sp³-hybridized carbons (Fsp3) is 0.500. The summed E-state index contributed by atoms with van der Waals surface area (Å²) in [6.07, 6.45) is 1.42. The largest absolute Gasteiger partial charge is 0.478 e. The first-order valence-corrected chi connectivity index (χ1v) is 5.76. The zero-order valence-corrected chi connectivity index (χ0v) is 9.37.